The minimum Gasteiger partial charge on any atom is -0.463 e. The highest BCUT2D eigenvalue weighted by molar-refractivity contribution is 7.47. The summed E-state index contributed by atoms with van der Waals surface area (Å²) >= 11 is 0. The van der Waals surface area contributed by atoms with E-state index in [1.54, 1.807) is 0 Å². The largest absolute Gasteiger partial charge is 0.472 e. The number of carbonyl (C=O) groups is 3. The van der Waals surface area contributed by atoms with Crippen molar-refractivity contribution in [3.63, 3.8) is 0 Å². The summed E-state index contributed by atoms with van der Waals surface area (Å²) in [6.07, 6.45) is 83.2. The number of hydrogen-bond donors (Lipinski definition) is 4. The van der Waals surface area contributed by atoms with Crippen LogP contribution >= 0.6 is 15.6 Å². The molecule has 0 rings (SSSR count). The number of allylic oxidation sites excluding steroid dienone is 24. The van der Waals surface area contributed by atoms with Crippen molar-refractivity contribution in [2.75, 3.05) is 39.6 Å². The smallest absolute Gasteiger partial charge is 0.463 e. The maximum absolute atomic E-state index is 12.9. The number of ether oxygens (including phenoxy) is 3. The molecule has 16 nitrogen and oxygen atoms in total. The Kier molecular flexibility index (Phi) is 66.0. The number of phosphoric acid groups is 2. The molecule has 0 aromatic carbocycles. The first kappa shape index (κ1) is 90.4. The van der Waals surface area contributed by atoms with Crippen molar-refractivity contribution in [1.29, 1.82) is 0 Å². The van der Waals surface area contributed by atoms with Gasteiger partial charge in [0.05, 0.1) is 26.4 Å². The lowest BCUT2D eigenvalue weighted by molar-refractivity contribution is -0.161. The van der Waals surface area contributed by atoms with Gasteiger partial charge in [0.25, 0.3) is 0 Å². The molecule has 0 aromatic heterocycles. The third kappa shape index (κ3) is 70.6. The molecule has 0 aliphatic heterocycles. The van der Waals surface area contributed by atoms with E-state index in [1.807, 2.05) is 0 Å². The summed E-state index contributed by atoms with van der Waals surface area (Å²) in [5, 5.41) is 20.6. The summed E-state index contributed by atoms with van der Waals surface area (Å²) < 4.78 is 60.9. The Bertz CT molecular complexity index is 2310. The molecule has 0 spiro atoms. The fraction of sp³-hybridized carbons (Fsp3) is 0.649. The molecule has 0 amide bonds. The molecule has 5 unspecified atom stereocenters. The standard InChI is InChI=1S/C77H128O16P2/c1-4-7-10-13-16-19-22-25-28-30-32-33-34-35-36-37-39-41-43-45-48-51-54-57-60-63-75(80)87-66-72(78)67-89-94(83,84)90-68-73(79)69-91-95(85,86)92-71-74(93-77(82)65-62-59-56-53-50-47-42-27-24-21-18-15-12-9-6-3)70-88-76(81)64-61-58-55-52-49-46-44-40-38-31-29-26-23-20-17-14-11-8-5-2/h7-8,10-11,16-17,19-20,25-29,32-33,35-36,38-42,46,49,72-74,78-79H,4-6,9,12-15,18,21-24,30-31,34,37,43-45,47-48,50-71H2,1-3H3,(H,83,84)(H,85,86)/b10-7-,11-8-,19-16-,20-17-,28-25-,29-26-,33-32-,36-35-,40-38-,41-39-,42-27-,49-46-. The Morgan fingerprint density at radius 2 is 0.558 bits per heavy atom. The topological polar surface area (TPSA) is 231 Å². The lowest BCUT2D eigenvalue weighted by Crippen LogP contribution is -2.30. The zero-order valence-corrected chi connectivity index (χ0v) is 60.6. The third-order valence-corrected chi connectivity index (χ3v) is 16.4. The maximum Gasteiger partial charge on any atom is 0.472 e. The maximum atomic E-state index is 12.9. The quantitative estimate of drug-likeness (QED) is 0.0146. The SMILES string of the molecule is CC/C=C\C/C=C\C/C=C\C/C=C\C/C=C\C/C=C\CCCCCCCCC(=O)OCC(O)COP(=O)(O)OCC(O)COP(=O)(O)OCC(COC(=O)CCCCC/C=C\C/C=C\C/C=C\C/C=C\C/C=C\CC)OC(=O)CCCCCCC/C=C\CCCCCCCC. The van der Waals surface area contributed by atoms with Crippen molar-refractivity contribution in [2.45, 2.75) is 283 Å². The van der Waals surface area contributed by atoms with Crippen molar-refractivity contribution in [1.82, 2.24) is 0 Å². The highest BCUT2D eigenvalue weighted by atomic mass is 31.2. The van der Waals surface area contributed by atoms with E-state index in [9.17, 15) is 43.5 Å². The fourth-order valence-electron chi connectivity index (χ4n) is 9.06. The molecule has 5 atom stereocenters. The van der Waals surface area contributed by atoms with Crippen LogP contribution in [0.15, 0.2) is 146 Å². The zero-order chi connectivity index (χ0) is 69.5. The highest BCUT2D eigenvalue weighted by Gasteiger charge is 2.29. The van der Waals surface area contributed by atoms with Gasteiger partial charge < -0.3 is 34.2 Å². The highest BCUT2D eigenvalue weighted by Crippen LogP contribution is 2.45. The summed E-state index contributed by atoms with van der Waals surface area (Å²) in [7, 11) is -9.81. The van der Waals surface area contributed by atoms with Gasteiger partial charge in [-0.25, -0.2) is 9.13 Å². The number of hydrogen-bond acceptors (Lipinski definition) is 14. The number of aliphatic hydroxyl groups is 2. The average Bonchev–Trinajstić information content (AvgIpc) is 2.24. The lowest BCUT2D eigenvalue weighted by atomic mass is 10.1. The van der Waals surface area contributed by atoms with Crippen LogP contribution in [0.5, 0.6) is 0 Å². The van der Waals surface area contributed by atoms with Gasteiger partial charge in [0.15, 0.2) is 6.10 Å². The molecule has 0 radical (unpaired) electrons. The number of esters is 3. The second kappa shape index (κ2) is 69.3. The molecule has 0 fully saturated rings. The van der Waals surface area contributed by atoms with Crippen molar-refractivity contribution in [3.8, 4) is 0 Å². The van der Waals surface area contributed by atoms with E-state index in [1.165, 1.54) is 38.5 Å². The molecule has 0 aromatic rings. The predicted octanol–water partition coefficient (Wildman–Crippen LogP) is 20.5. The Morgan fingerprint density at radius 1 is 0.305 bits per heavy atom. The van der Waals surface area contributed by atoms with Gasteiger partial charge in [-0.05, 0) is 141 Å². The number of unbranched alkanes of at least 4 members (excludes halogenated alkanes) is 20. The van der Waals surface area contributed by atoms with Crippen LogP contribution in [-0.2, 0) is 55.8 Å². The van der Waals surface area contributed by atoms with Gasteiger partial charge >= 0.3 is 33.6 Å². The van der Waals surface area contributed by atoms with Gasteiger partial charge in [-0.15, -0.1) is 0 Å². The van der Waals surface area contributed by atoms with E-state index >= 15 is 0 Å². The second-order valence-electron chi connectivity index (χ2n) is 23.6. The number of aliphatic hydroxyl groups excluding tert-OH is 2. The van der Waals surface area contributed by atoms with Crippen LogP contribution in [0.1, 0.15) is 265 Å². The Hall–Kier alpha value is -4.57. The van der Waals surface area contributed by atoms with Crippen LogP contribution in [-0.4, -0.2) is 95.9 Å². The summed E-state index contributed by atoms with van der Waals surface area (Å²) in [4.78, 5) is 58.5. The van der Waals surface area contributed by atoms with Crippen LogP contribution in [0.4, 0.5) is 0 Å². The van der Waals surface area contributed by atoms with Gasteiger partial charge in [0, 0.05) is 19.3 Å². The molecular formula is C77H128O16P2. The molecule has 0 heterocycles. The number of rotatable bonds is 67. The van der Waals surface area contributed by atoms with Crippen LogP contribution in [0.2, 0.25) is 0 Å². The third-order valence-electron chi connectivity index (χ3n) is 14.5. The van der Waals surface area contributed by atoms with Crippen LogP contribution in [0.3, 0.4) is 0 Å². The summed E-state index contributed by atoms with van der Waals surface area (Å²) in [5.41, 5.74) is 0. The molecule has 18 heteroatoms. The second-order valence-corrected chi connectivity index (χ2v) is 26.5. The van der Waals surface area contributed by atoms with Crippen LogP contribution < -0.4 is 0 Å². The zero-order valence-electron chi connectivity index (χ0n) is 58.8. The van der Waals surface area contributed by atoms with Crippen molar-refractivity contribution >= 4 is 33.6 Å². The molecule has 0 saturated heterocycles. The lowest BCUT2D eigenvalue weighted by Gasteiger charge is -2.21. The van der Waals surface area contributed by atoms with Gasteiger partial charge in [-0.2, -0.15) is 0 Å². The van der Waals surface area contributed by atoms with E-state index in [0.29, 0.717) is 19.3 Å². The van der Waals surface area contributed by atoms with Gasteiger partial charge in [-0.1, -0.05) is 250 Å². The number of phosphoric ester groups is 2. The average molecular weight is 1370 g/mol. The van der Waals surface area contributed by atoms with E-state index in [2.05, 4.69) is 167 Å². The normalized spacial score (nSPS) is 15.0. The minimum atomic E-state index is -4.94. The van der Waals surface area contributed by atoms with Gasteiger partial charge in [0.1, 0.15) is 25.4 Å². The Balaban J connectivity index is 4.67. The minimum absolute atomic E-state index is 0.0829. The first-order valence-electron chi connectivity index (χ1n) is 36.1. The predicted molar refractivity (Wildman–Crippen MR) is 389 cm³/mol. The van der Waals surface area contributed by atoms with E-state index in [0.717, 1.165) is 167 Å². The summed E-state index contributed by atoms with van der Waals surface area (Å²) in [5.74, 6) is -1.64. The number of carbonyl (C=O) groups excluding carboxylic acids is 3. The van der Waals surface area contributed by atoms with Crippen LogP contribution in [0.25, 0.3) is 0 Å². The molecule has 0 aliphatic rings. The molecule has 0 saturated carbocycles. The Labute approximate surface area is 575 Å². The van der Waals surface area contributed by atoms with Crippen LogP contribution in [0, 0.1) is 0 Å². The van der Waals surface area contributed by atoms with E-state index in [4.69, 9.17) is 32.3 Å². The first-order valence-corrected chi connectivity index (χ1v) is 39.1. The first-order chi connectivity index (χ1) is 46.2. The molecular weight excluding hydrogens is 1240 g/mol. The van der Waals surface area contributed by atoms with Crippen molar-refractivity contribution in [2.24, 2.45) is 0 Å². The fourth-order valence-corrected chi connectivity index (χ4v) is 10.6. The van der Waals surface area contributed by atoms with Crippen molar-refractivity contribution in [3.05, 3.63) is 146 Å². The monoisotopic (exact) mass is 1370 g/mol. The molecule has 542 valence electrons. The molecule has 0 aliphatic carbocycles. The van der Waals surface area contributed by atoms with E-state index in [-0.39, 0.29) is 19.3 Å². The van der Waals surface area contributed by atoms with Crippen molar-refractivity contribution < 1.29 is 75.8 Å². The Morgan fingerprint density at radius 3 is 0.905 bits per heavy atom. The summed E-state index contributed by atoms with van der Waals surface area (Å²) in [6, 6.07) is 0. The van der Waals surface area contributed by atoms with Gasteiger partial charge in [-0.3, -0.25) is 32.5 Å². The molecule has 4 N–H and O–H groups in total. The van der Waals surface area contributed by atoms with Gasteiger partial charge in [0.2, 0.25) is 0 Å². The van der Waals surface area contributed by atoms with E-state index < -0.39 is 91.5 Å². The molecule has 95 heavy (non-hydrogen) atoms. The summed E-state index contributed by atoms with van der Waals surface area (Å²) in [6.45, 7) is 2.36. The molecule has 0 bridgehead atoms.